The van der Waals surface area contributed by atoms with Gasteiger partial charge in [-0.05, 0) is 45.0 Å². The van der Waals surface area contributed by atoms with Crippen molar-refractivity contribution in [3.63, 3.8) is 0 Å². The number of aryl methyl sites for hydroxylation is 1. The lowest BCUT2D eigenvalue weighted by Crippen LogP contribution is -2.41. The number of nitrogens with one attached hydrogen (secondary N) is 3. The Hall–Kier alpha value is -3.75. The van der Waals surface area contributed by atoms with E-state index in [9.17, 15) is 9.59 Å². The van der Waals surface area contributed by atoms with Crippen molar-refractivity contribution in [1.82, 2.24) is 19.7 Å². The van der Waals surface area contributed by atoms with Crippen molar-refractivity contribution < 1.29 is 0 Å². The Labute approximate surface area is 166 Å². The third-order valence-corrected chi connectivity index (χ3v) is 4.32. The summed E-state index contributed by atoms with van der Waals surface area (Å²) in [5.41, 5.74) is 0.885. The van der Waals surface area contributed by atoms with Crippen LogP contribution < -0.4 is 26.8 Å². The maximum absolute atomic E-state index is 12.0. The van der Waals surface area contributed by atoms with Crippen molar-refractivity contribution in [2.45, 2.75) is 26.3 Å². The lowest BCUT2D eigenvalue weighted by Gasteiger charge is -2.24. The largest absolute Gasteiger partial charge is 0.375 e. The van der Waals surface area contributed by atoms with Gasteiger partial charge in [-0.1, -0.05) is 0 Å². The van der Waals surface area contributed by atoms with Gasteiger partial charge in [-0.2, -0.15) is 10.1 Å². The van der Waals surface area contributed by atoms with Crippen LogP contribution in [0.4, 0.5) is 28.8 Å². The first-order valence-electron chi connectivity index (χ1n) is 9.12. The molecule has 0 unspecified atom stereocenters. The van der Waals surface area contributed by atoms with Crippen LogP contribution in [0.2, 0.25) is 0 Å². The Bertz CT molecular complexity index is 1280. The fraction of sp³-hybridized carbons (Fsp3) is 0.250. The van der Waals surface area contributed by atoms with Gasteiger partial charge in [0, 0.05) is 29.9 Å². The number of hydrogen-bond acceptors (Lipinski definition) is 8. The van der Waals surface area contributed by atoms with Crippen LogP contribution >= 0.6 is 0 Å². The number of hydrogen-bond donors (Lipinski definition) is 3. The average molecular weight is 391 g/mol. The summed E-state index contributed by atoms with van der Waals surface area (Å²) >= 11 is 0. The molecule has 3 N–H and O–H groups in total. The van der Waals surface area contributed by atoms with Gasteiger partial charge in [0.15, 0.2) is 0 Å². The number of fused-ring (bicyclic) bond motifs is 1. The SMILES string of the molecule is Cn1ncc2cc(Nc3nccc(Nc4c(NC(C)(C)C)c(=O)c4=O)n3)ccc21. The molecule has 0 aliphatic carbocycles. The van der Waals surface area contributed by atoms with Crippen molar-refractivity contribution >= 4 is 39.7 Å². The first-order chi connectivity index (χ1) is 13.7. The van der Waals surface area contributed by atoms with E-state index in [1.807, 2.05) is 46.0 Å². The van der Waals surface area contributed by atoms with Crippen molar-refractivity contribution in [2.75, 3.05) is 16.0 Å². The standard InChI is InChI=1S/C20H21N7O2/c1-20(2,3)26-16-15(17(28)18(16)29)24-14-7-8-21-19(25-14)23-12-5-6-13-11(9-12)10-22-27(13)4/h5-10,26H,1-4H3,(H2,21,23,24,25). The molecule has 0 saturated carbocycles. The van der Waals surface area contributed by atoms with Gasteiger partial charge in [0.05, 0.1) is 11.7 Å². The van der Waals surface area contributed by atoms with Crippen LogP contribution in [0.5, 0.6) is 0 Å². The Morgan fingerprint density at radius 2 is 1.76 bits per heavy atom. The summed E-state index contributed by atoms with van der Waals surface area (Å²) in [6.45, 7) is 5.75. The summed E-state index contributed by atoms with van der Waals surface area (Å²) in [5, 5.41) is 14.4. The van der Waals surface area contributed by atoms with Crippen LogP contribution in [0.3, 0.4) is 0 Å². The van der Waals surface area contributed by atoms with Crippen LogP contribution in [0.25, 0.3) is 10.9 Å². The number of aromatic nitrogens is 4. The van der Waals surface area contributed by atoms with E-state index >= 15 is 0 Å². The van der Waals surface area contributed by atoms with Crippen LogP contribution in [0.1, 0.15) is 20.8 Å². The molecule has 9 heteroatoms. The highest BCUT2D eigenvalue weighted by molar-refractivity contribution is 5.83. The van der Waals surface area contributed by atoms with Crippen molar-refractivity contribution in [1.29, 1.82) is 0 Å². The minimum absolute atomic E-state index is 0.214. The molecule has 0 bridgehead atoms. The van der Waals surface area contributed by atoms with E-state index in [-0.39, 0.29) is 16.9 Å². The van der Waals surface area contributed by atoms with E-state index in [2.05, 4.69) is 31.0 Å². The highest BCUT2D eigenvalue weighted by atomic mass is 16.2. The quantitative estimate of drug-likeness (QED) is 0.445. The van der Waals surface area contributed by atoms with Gasteiger partial charge in [-0.3, -0.25) is 14.3 Å². The predicted octanol–water partition coefficient (Wildman–Crippen LogP) is 2.66. The van der Waals surface area contributed by atoms with Crippen molar-refractivity contribution in [2.24, 2.45) is 7.05 Å². The van der Waals surface area contributed by atoms with E-state index in [0.717, 1.165) is 16.6 Å². The van der Waals surface area contributed by atoms with Gasteiger partial charge in [-0.25, -0.2) is 4.98 Å². The Morgan fingerprint density at radius 1 is 1.00 bits per heavy atom. The molecule has 148 valence electrons. The fourth-order valence-corrected chi connectivity index (χ4v) is 2.99. The second-order valence-corrected chi connectivity index (χ2v) is 7.84. The van der Waals surface area contributed by atoms with Gasteiger partial charge in [-0.15, -0.1) is 0 Å². The highest BCUT2D eigenvalue weighted by Crippen LogP contribution is 2.24. The van der Waals surface area contributed by atoms with Gasteiger partial charge in [0.2, 0.25) is 5.95 Å². The summed E-state index contributed by atoms with van der Waals surface area (Å²) in [7, 11) is 1.89. The molecule has 0 fully saturated rings. The van der Waals surface area contributed by atoms with Gasteiger partial charge >= 0.3 is 0 Å². The molecule has 4 aromatic rings. The van der Waals surface area contributed by atoms with Crippen LogP contribution in [0, 0.1) is 0 Å². The maximum atomic E-state index is 12.0. The van der Waals surface area contributed by atoms with Gasteiger partial charge in [0.1, 0.15) is 17.2 Å². The lowest BCUT2D eigenvalue weighted by atomic mass is 10.1. The zero-order valence-electron chi connectivity index (χ0n) is 16.6. The molecule has 29 heavy (non-hydrogen) atoms. The zero-order chi connectivity index (χ0) is 20.8. The molecule has 0 amide bonds. The zero-order valence-corrected chi connectivity index (χ0v) is 16.6. The van der Waals surface area contributed by atoms with Crippen molar-refractivity contribution in [3.05, 3.63) is 57.1 Å². The molecule has 0 aliphatic heterocycles. The minimum atomic E-state index is -0.563. The molecule has 2 heterocycles. The molecule has 4 rings (SSSR count). The maximum Gasteiger partial charge on any atom is 0.253 e. The summed E-state index contributed by atoms with van der Waals surface area (Å²) in [5.74, 6) is 0.774. The number of nitrogens with zero attached hydrogens (tertiary/aromatic N) is 4. The second kappa shape index (κ2) is 6.69. The molecule has 0 radical (unpaired) electrons. The molecular weight excluding hydrogens is 370 g/mol. The number of rotatable bonds is 5. The Balaban J connectivity index is 1.56. The lowest BCUT2D eigenvalue weighted by molar-refractivity contribution is 0.632. The van der Waals surface area contributed by atoms with E-state index in [1.165, 1.54) is 0 Å². The van der Waals surface area contributed by atoms with Crippen LogP contribution in [-0.2, 0) is 7.05 Å². The average Bonchev–Trinajstić information content (AvgIpc) is 3.04. The van der Waals surface area contributed by atoms with Gasteiger partial charge in [0.25, 0.3) is 10.9 Å². The molecule has 9 nitrogen and oxygen atoms in total. The normalized spacial score (nSPS) is 11.7. The van der Waals surface area contributed by atoms with Crippen LogP contribution in [-0.4, -0.2) is 25.3 Å². The first-order valence-corrected chi connectivity index (χ1v) is 9.12. The smallest absolute Gasteiger partial charge is 0.253 e. The number of anilines is 5. The van der Waals surface area contributed by atoms with E-state index in [0.29, 0.717) is 11.8 Å². The highest BCUT2D eigenvalue weighted by Gasteiger charge is 2.25. The molecule has 0 atom stereocenters. The monoisotopic (exact) mass is 391 g/mol. The number of benzene rings is 1. The second-order valence-electron chi connectivity index (χ2n) is 7.84. The molecule has 0 saturated heterocycles. The van der Waals surface area contributed by atoms with Crippen molar-refractivity contribution in [3.8, 4) is 0 Å². The first kappa shape index (κ1) is 18.6. The third kappa shape index (κ3) is 3.66. The third-order valence-electron chi connectivity index (χ3n) is 4.32. The Morgan fingerprint density at radius 3 is 2.52 bits per heavy atom. The topological polar surface area (TPSA) is 114 Å². The van der Waals surface area contributed by atoms with Gasteiger partial charge < -0.3 is 16.0 Å². The summed E-state index contributed by atoms with van der Waals surface area (Å²) in [4.78, 5) is 32.5. The molecule has 0 aliphatic rings. The molecular formula is C20H21N7O2. The molecule has 2 aromatic heterocycles. The van der Waals surface area contributed by atoms with E-state index in [4.69, 9.17) is 0 Å². The summed E-state index contributed by atoms with van der Waals surface area (Å²) in [6.07, 6.45) is 3.36. The predicted molar refractivity (Wildman–Crippen MR) is 114 cm³/mol. The van der Waals surface area contributed by atoms with Crippen LogP contribution in [0.15, 0.2) is 46.2 Å². The molecule has 0 spiro atoms. The van der Waals surface area contributed by atoms with E-state index in [1.54, 1.807) is 23.1 Å². The summed E-state index contributed by atoms with van der Waals surface area (Å²) in [6, 6.07) is 7.46. The van der Waals surface area contributed by atoms with E-state index < -0.39 is 10.9 Å². The molecule has 2 aromatic carbocycles. The minimum Gasteiger partial charge on any atom is -0.375 e. The fourth-order valence-electron chi connectivity index (χ4n) is 2.99. The summed E-state index contributed by atoms with van der Waals surface area (Å²) < 4.78 is 1.80. The Kier molecular flexibility index (Phi) is 4.30.